The number of fused-ring (bicyclic) bond motifs is 3. The molecule has 4 rings (SSSR count). The van der Waals surface area contributed by atoms with E-state index in [1.54, 1.807) is 52.0 Å². The van der Waals surface area contributed by atoms with Gasteiger partial charge >= 0.3 is 0 Å². The van der Waals surface area contributed by atoms with E-state index in [1.807, 2.05) is 13.0 Å². The zero-order valence-electron chi connectivity index (χ0n) is 19.7. The van der Waals surface area contributed by atoms with E-state index in [0.29, 0.717) is 28.1 Å². The fraction of sp³-hybridized carbons (Fsp3) is 0.417. The zero-order valence-corrected chi connectivity index (χ0v) is 20.5. The van der Waals surface area contributed by atoms with Crippen LogP contribution in [0.5, 0.6) is 5.75 Å². The number of amidine groups is 1. The van der Waals surface area contributed by atoms with Crippen molar-refractivity contribution in [3.05, 3.63) is 52.8 Å². The number of nitrogens with two attached hydrogens (primary N) is 1. The minimum Gasteiger partial charge on any atom is -0.490 e. The second kappa shape index (κ2) is 7.81. The molecule has 1 amide bonds. The summed E-state index contributed by atoms with van der Waals surface area (Å²) in [6.45, 7) is 8.42. The van der Waals surface area contributed by atoms with Gasteiger partial charge in [-0.2, -0.15) is 5.26 Å². The highest BCUT2D eigenvalue weighted by molar-refractivity contribution is 7.94. The zero-order chi connectivity index (χ0) is 25.1. The average molecular weight is 482 g/mol. The molecule has 9 nitrogen and oxygen atoms in total. The molecule has 0 unspecified atom stereocenters. The standard InChI is InChI=1S/C24H27N5O4S/c1-13-8-15(11-25)12-27-20(13)21(30)28-16-6-7-18-17(10-16)24(5)19(9-14(2)33-18)34(31,32)23(3,4)22(26)29-24/h6-8,10,12,14,19H,9H2,1-5H3,(H2,26,29)(H,28,30)/t14-,19+,24+/m0/s1. The fourth-order valence-corrected chi connectivity index (χ4v) is 6.94. The van der Waals surface area contributed by atoms with Gasteiger partial charge in [0.15, 0.2) is 9.84 Å². The predicted octanol–water partition coefficient (Wildman–Crippen LogP) is 2.83. The van der Waals surface area contributed by atoms with Gasteiger partial charge in [0.1, 0.15) is 33.6 Å². The predicted molar refractivity (Wildman–Crippen MR) is 129 cm³/mol. The van der Waals surface area contributed by atoms with Gasteiger partial charge in [0.2, 0.25) is 0 Å². The lowest BCUT2D eigenvalue weighted by atomic mass is 9.85. The van der Waals surface area contributed by atoms with Crippen molar-refractivity contribution in [3.63, 3.8) is 0 Å². The molecule has 2 aliphatic heterocycles. The van der Waals surface area contributed by atoms with Crippen molar-refractivity contribution in [2.45, 2.75) is 62.7 Å². The van der Waals surface area contributed by atoms with E-state index < -0.39 is 31.3 Å². The van der Waals surface area contributed by atoms with Crippen molar-refractivity contribution in [3.8, 4) is 11.8 Å². The second-order valence-electron chi connectivity index (χ2n) is 9.52. The lowest BCUT2D eigenvalue weighted by molar-refractivity contribution is 0.102. The van der Waals surface area contributed by atoms with Gasteiger partial charge in [-0.25, -0.2) is 13.4 Å². The number of anilines is 1. The molecule has 178 valence electrons. The Bertz CT molecular complexity index is 1380. The molecule has 3 N–H and O–H groups in total. The van der Waals surface area contributed by atoms with E-state index >= 15 is 0 Å². The van der Waals surface area contributed by atoms with Crippen molar-refractivity contribution < 1.29 is 17.9 Å². The van der Waals surface area contributed by atoms with Crippen LogP contribution in [0.4, 0.5) is 5.69 Å². The Kier molecular flexibility index (Phi) is 5.44. The number of carbonyl (C=O) groups is 1. The quantitative estimate of drug-likeness (QED) is 0.670. The fourth-order valence-electron chi connectivity index (χ4n) is 4.59. The molecule has 0 fully saturated rings. The van der Waals surface area contributed by atoms with Crippen LogP contribution in [0.15, 0.2) is 35.5 Å². The topological polar surface area (TPSA) is 148 Å². The molecule has 3 atom stereocenters. The summed E-state index contributed by atoms with van der Waals surface area (Å²) in [4.78, 5) is 21.7. The number of rotatable bonds is 2. The lowest BCUT2D eigenvalue weighted by Gasteiger charge is -2.43. The van der Waals surface area contributed by atoms with Crippen molar-refractivity contribution in [1.82, 2.24) is 4.98 Å². The first-order chi connectivity index (χ1) is 15.8. The number of amides is 1. The second-order valence-corrected chi connectivity index (χ2v) is 12.2. The van der Waals surface area contributed by atoms with Gasteiger partial charge in [-0.3, -0.25) is 9.79 Å². The summed E-state index contributed by atoms with van der Waals surface area (Å²) >= 11 is 0. The van der Waals surface area contributed by atoms with Gasteiger partial charge in [0.25, 0.3) is 5.91 Å². The number of benzene rings is 1. The number of nitrogens with one attached hydrogen (secondary N) is 1. The normalized spacial score (nSPS) is 26.5. The van der Waals surface area contributed by atoms with Crippen molar-refractivity contribution in [1.29, 1.82) is 5.26 Å². The van der Waals surface area contributed by atoms with Crippen LogP contribution in [-0.2, 0) is 15.4 Å². The van der Waals surface area contributed by atoms with Crippen LogP contribution < -0.4 is 15.8 Å². The van der Waals surface area contributed by atoms with Gasteiger partial charge in [0, 0.05) is 23.9 Å². The first-order valence-corrected chi connectivity index (χ1v) is 12.4. The number of nitriles is 1. The maximum Gasteiger partial charge on any atom is 0.274 e. The van der Waals surface area contributed by atoms with E-state index in [4.69, 9.17) is 20.7 Å². The largest absolute Gasteiger partial charge is 0.490 e. The van der Waals surface area contributed by atoms with E-state index in [-0.39, 0.29) is 24.1 Å². The van der Waals surface area contributed by atoms with Crippen LogP contribution in [0.2, 0.25) is 0 Å². The Balaban J connectivity index is 1.80. The van der Waals surface area contributed by atoms with Crippen LogP contribution in [0.25, 0.3) is 0 Å². The number of ether oxygens (including phenoxy) is 1. The van der Waals surface area contributed by atoms with Crippen LogP contribution in [0, 0.1) is 18.3 Å². The molecule has 34 heavy (non-hydrogen) atoms. The summed E-state index contributed by atoms with van der Waals surface area (Å²) in [7, 11) is -3.72. The summed E-state index contributed by atoms with van der Waals surface area (Å²) in [5.74, 6) is 0.0835. The molecule has 0 saturated heterocycles. The first-order valence-electron chi connectivity index (χ1n) is 10.9. The average Bonchev–Trinajstić information content (AvgIpc) is 2.87. The van der Waals surface area contributed by atoms with Gasteiger partial charge < -0.3 is 15.8 Å². The molecular weight excluding hydrogens is 454 g/mol. The maximum absolute atomic E-state index is 13.6. The number of aryl methyl sites for hydroxylation is 1. The van der Waals surface area contributed by atoms with Crippen molar-refractivity contribution in [2.75, 3.05) is 5.32 Å². The van der Waals surface area contributed by atoms with Crippen LogP contribution in [-0.4, -0.2) is 41.2 Å². The summed E-state index contributed by atoms with van der Waals surface area (Å²) < 4.78 is 32.0. The van der Waals surface area contributed by atoms with E-state index in [0.717, 1.165) is 0 Å². The summed E-state index contributed by atoms with van der Waals surface area (Å²) in [6.07, 6.45) is 1.23. The van der Waals surface area contributed by atoms with E-state index in [9.17, 15) is 13.2 Å². The number of nitrogens with zero attached hydrogens (tertiary/aromatic N) is 3. The van der Waals surface area contributed by atoms with Gasteiger partial charge in [-0.1, -0.05) is 0 Å². The highest BCUT2D eigenvalue weighted by Gasteiger charge is 2.58. The van der Waals surface area contributed by atoms with E-state index in [1.165, 1.54) is 6.20 Å². The summed E-state index contributed by atoms with van der Waals surface area (Å²) in [6, 6.07) is 8.65. The molecule has 3 heterocycles. The third-order valence-electron chi connectivity index (χ3n) is 6.76. The maximum atomic E-state index is 13.6. The monoisotopic (exact) mass is 481 g/mol. The molecule has 10 heteroatoms. The molecule has 0 radical (unpaired) electrons. The Labute approximate surface area is 199 Å². The number of pyridine rings is 1. The smallest absolute Gasteiger partial charge is 0.274 e. The van der Waals surface area contributed by atoms with Gasteiger partial charge in [0.05, 0.1) is 16.9 Å². The number of aromatic nitrogens is 1. The Hall–Kier alpha value is -3.45. The van der Waals surface area contributed by atoms with Crippen LogP contribution in [0.1, 0.15) is 61.3 Å². The van der Waals surface area contributed by atoms with Crippen molar-refractivity contribution >= 4 is 27.3 Å². The molecule has 1 aromatic heterocycles. The number of hydrogen-bond donors (Lipinski definition) is 2. The highest BCUT2D eigenvalue weighted by Crippen LogP contribution is 2.49. The molecule has 2 aromatic rings. The van der Waals surface area contributed by atoms with Gasteiger partial charge in [-0.05, 0) is 64.4 Å². The molecule has 0 bridgehead atoms. The highest BCUT2D eigenvalue weighted by atomic mass is 32.2. The number of carbonyl (C=O) groups excluding carboxylic acids is 1. The third-order valence-corrected chi connectivity index (χ3v) is 9.79. The number of aliphatic imine (C=N–C) groups is 1. The minimum absolute atomic E-state index is 0.0404. The molecule has 1 aromatic carbocycles. The molecule has 0 aliphatic carbocycles. The molecular formula is C24H27N5O4S. The Morgan fingerprint density at radius 1 is 1.29 bits per heavy atom. The molecule has 0 spiro atoms. The SMILES string of the molecule is Cc1cc(C#N)cnc1C(=O)Nc1ccc2c(c1)[C@@]1(C)N=C(N)C(C)(C)S(=O)(=O)[C@@H]1C[C@H](C)O2. The lowest BCUT2D eigenvalue weighted by Crippen LogP contribution is -2.60. The van der Waals surface area contributed by atoms with Crippen LogP contribution >= 0.6 is 0 Å². The summed E-state index contributed by atoms with van der Waals surface area (Å²) in [5, 5.41) is 11.0. The summed E-state index contributed by atoms with van der Waals surface area (Å²) in [5.41, 5.74) is 7.07. The van der Waals surface area contributed by atoms with Crippen LogP contribution in [0.3, 0.4) is 0 Å². The Morgan fingerprint density at radius 2 is 2.00 bits per heavy atom. The number of sulfone groups is 1. The number of hydrogen-bond acceptors (Lipinski definition) is 8. The third kappa shape index (κ3) is 3.51. The van der Waals surface area contributed by atoms with E-state index in [2.05, 4.69) is 10.3 Å². The minimum atomic E-state index is -3.72. The molecule has 0 saturated carbocycles. The van der Waals surface area contributed by atoms with Crippen molar-refractivity contribution in [2.24, 2.45) is 10.7 Å². The van der Waals surface area contributed by atoms with Gasteiger partial charge in [-0.15, -0.1) is 0 Å². The first kappa shape index (κ1) is 23.7. The molecule has 2 aliphatic rings. The Morgan fingerprint density at radius 3 is 2.65 bits per heavy atom.